The standard InChI is InChI=1S/C31H37Cl2N3O4S/c1-20(2)25-10-12-26(13-11-25)36(41(39,40)27-14-7-22(5)8-15-27)19-30(37)35(23(6)31(38)34-21(3)4)18-24-9-16-28(32)29(33)17-24/h7-17,20-21,23H,18-19H2,1-6H3,(H,34,38)/t23-/m0/s1. The smallest absolute Gasteiger partial charge is 0.264 e. The van der Waals surface area contributed by atoms with Crippen LogP contribution in [-0.4, -0.2) is 43.8 Å². The van der Waals surface area contributed by atoms with Gasteiger partial charge in [-0.3, -0.25) is 13.9 Å². The minimum atomic E-state index is -4.14. The SMILES string of the molecule is Cc1ccc(S(=O)(=O)N(CC(=O)N(Cc2ccc(Cl)c(Cl)c2)[C@@H](C)C(=O)NC(C)C)c2ccc(C(C)C)cc2)cc1. The predicted octanol–water partition coefficient (Wildman–Crippen LogP) is 6.56. The van der Waals surface area contributed by atoms with E-state index in [1.54, 1.807) is 49.4 Å². The minimum absolute atomic E-state index is 0.0209. The van der Waals surface area contributed by atoms with Crippen molar-refractivity contribution in [2.24, 2.45) is 0 Å². The van der Waals surface area contributed by atoms with Crippen LogP contribution in [0.3, 0.4) is 0 Å². The number of aryl methyl sites for hydroxylation is 1. The zero-order valence-corrected chi connectivity index (χ0v) is 26.5. The molecule has 7 nitrogen and oxygen atoms in total. The van der Waals surface area contributed by atoms with Crippen LogP contribution in [0.4, 0.5) is 5.69 Å². The van der Waals surface area contributed by atoms with Crippen LogP contribution < -0.4 is 9.62 Å². The van der Waals surface area contributed by atoms with Gasteiger partial charge >= 0.3 is 0 Å². The maximum Gasteiger partial charge on any atom is 0.264 e. The normalized spacial score (nSPS) is 12.3. The van der Waals surface area contributed by atoms with E-state index in [-0.39, 0.29) is 29.3 Å². The summed E-state index contributed by atoms with van der Waals surface area (Å²) in [6, 6.07) is 17.5. The van der Waals surface area contributed by atoms with Crippen LogP contribution in [0.5, 0.6) is 0 Å². The Labute approximate surface area is 253 Å². The first-order valence-electron chi connectivity index (χ1n) is 13.4. The molecule has 10 heteroatoms. The van der Waals surface area contributed by atoms with Gasteiger partial charge in [0.05, 0.1) is 20.6 Å². The van der Waals surface area contributed by atoms with E-state index in [4.69, 9.17) is 23.2 Å². The van der Waals surface area contributed by atoms with Crippen molar-refractivity contribution in [2.75, 3.05) is 10.8 Å². The lowest BCUT2D eigenvalue weighted by molar-refractivity contribution is -0.139. The van der Waals surface area contributed by atoms with Gasteiger partial charge < -0.3 is 10.2 Å². The summed E-state index contributed by atoms with van der Waals surface area (Å²) in [4.78, 5) is 28.5. The largest absolute Gasteiger partial charge is 0.352 e. The molecule has 3 aromatic carbocycles. The van der Waals surface area contributed by atoms with Gasteiger partial charge in [-0.15, -0.1) is 0 Å². The van der Waals surface area contributed by atoms with E-state index in [0.717, 1.165) is 15.4 Å². The first-order chi connectivity index (χ1) is 19.2. The molecule has 2 amide bonds. The highest BCUT2D eigenvalue weighted by Crippen LogP contribution is 2.28. The summed E-state index contributed by atoms with van der Waals surface area (Å²) in [7, 11) is -4.14. The van der Waals surface area contributed by atoms with Crippen LogP contribution >= 0.6 is 23.2 Å². The lowest BCUT2D eigenvalue weighted by atomic mass is 10.0. The molecule has 0 heterocycles. The summed E-state index contributed by atoms with van der Waals surface area (Å²) in [6.07, 6.45) is 0. The fourth-order valence-electron chi connectivity index (χ4n) is 4.21. The maximum atomic E-state index is 14.0. The first-order valence-corrected chi connectivity index (χ1v) is 15.6. The summed E-state index contributed by atoms with van der Waals surface area (Å²) in [5, 5.41) is 3.51. The van der Waals surface area contributed by atoms with Gasteiger partial charge in [-0.2, -0.15) is 0 Å². The molecule has 3 aromatic rings. The monoisotopic (exact) mass is 617 g/mol. The van der Waals surface area contributed by atoms with Gasteiger partial charge in [0, 0.05) is 12.6 Å². The molecule has 0 bridgehead atoms. The molecule has 41 heavy (non-hydrogen) atoms. The minimum Gasteiger partial charge on any atom is -0.352 e. The molecule has 0 spiro atoms. The van der Waals surface area contributed by atoms with Crippen molar-refractivity contribution in [3.63, 3.8) is 0 Å². The van der Waals surface area contributed by atoms with Crippen LogP contribution in [0.2, 0.25) is 10.0 Å². The fourth-order valence-corrected chi connectivity index (χ4v) is 5.95. The third-order valence-corrected chi connectivity index (χ3v) is 9.20. The molecular formula is C31H37Cl2N3O4S. The van der Waals surface area contributed by atoms with Gasteiger partial charge in [-0.25, -0.2) is 8.42 Å². The van der Waals surface area contributed by atoms with Crippen LogP contribution in [0.25, 0.3) is 0 Å². The highest BCUT2D eigenvalue weighted by molar-refractivity contribution is 7.92. The average molecular weight is 619 g/mol. The van der Waals surface area contributed by atoms with Crippen LogP contribution in [0, 0.1) is 6.92 Å². The number of hydrogen-bond acceptors (Lipinski definition) is 4. The number of anilines is 1. The highest BCUT2D eigenvalue weighted by atomic mass is 35.5. The van der Waals surface area contributed by atoms with Crippen molar-refractivity contribution in [3.05, 3.63) is 93.5 Å². The Morgan fingerprint density at radius 2 is 1.46 bits per heavy atom. The third-order valence-electron chi connectivity index (χ3n) is 6.67. The predicted molar refractivity (Wildman–Crippen MR) is 166 cm³/mol. The molecule has 0 radical (unpaired) electrons. The number of halogens is 2. The third kappa shape index (κ3) is 8.24. The van der Waals surface area contributed by atoms with Gasteiger partial charge in [0.25, 0.3) is 10.0 Å². The Balaban J connectivity index is 2.06. The number of nitrogens with one attached hydrogen (secondary N) is 1. The van der Waals surface area contributed by atoms with Crippen molar-refractivity contribution in [1.29, 1.82) is 0 Å². The zero-order valence-electron chi connectivity index (χ0n) is 24.2. The van der Waals surface area contributed by atoms with Crippen LogP contribution in [0.1, 0.15) is 57.2 Å². The molecule has 0 aliphatic heterocycles. The van der Waals surface area contributed by atoms with E-state index >= 15 is 0 Å². The summed E-state index contributed by atoms with van der Waals surface area (Å²) in [5.41, 5.74) is 2.93. The molecule has 220 valence electrons. The molecule has 1 N–H and O–H groups in total. The Bertz CT molecular complexity index is 1470. The molecule has 0 aliphatic carbocycles. The molecule has 0 aliphatic rings. The highest BCUT2D eigenvalue weighted by Gasteiger charge is 2.32. The van der Waals surface area contributed by atoms with Gasteiger partial charge in [-0.1, -0.05) is 72.9 Å². The number of amides is 2. The van der Waals surface area contributed by atoms with Crippen molar-refractivity contribution in [2.45, 2.75) is 71.0 Å². The van der Waals surface area contributed by atoms with Crippen molar-refractivity contribution in [1.82, 2.24) is 10.2 Å². The van der Waals surface area contributed by atoms with Crippen molar-refractivity contribution in [3.8, 4) is 0 Å². The Hall–Kier alpha value is -3.07. The van der Waals surface area contributed by atoms with E-state index in [1.165, 1.54) is 17.0 Å². The van der Waals surface area contributed by atoms with Crippen LogP contribution in [-0.2, 0) is 26.2 Å². The van der Waals surface area contributed by atoms with Gasteiger partial charge in [-0.05, 0) is 81.1 Å². The molecule has 0 unspecified atom stereocenters. The average Bonchev–Trinajstić information content (AvgIpc) is 2.91. The lowest BCUT2D eigenvalue weighted by Gasteiger charge is -2.32. The van der Waals surface area contributed by atoms with Gasteiger partial charge in [0.15, 0.2) is 0 Å². The summed E-state index contributed by atoms with van der Waals surface area (Å²) in [6.45, 7) is 10.7. The molecule has 1 atom stereocenters. The molecule has 0 saturated heterocycles. The number of benzene rings is 3. The van der Waals surface area contributed by atoms with E-state index in [9.17, 15) is 18.0 Å². The lowest BCUT2D eigenvalue weighted by Crippen LogP contribution is -2.52. The second-order valence-electron chi connectivity index (χ2n) is 10.7. The number of carbonyl (C=O) groups is 2. The van der Waals surface area contributed by atoms with Crippen LogP contribution in [0.15, 0.2) is 71.6 Å². The van der Waals surface area contributed by atoms with E-state index in [1.807, 2.05) is 46.8 Å². The van der Waals surface area contributed by atoms with E-state index in [0.29, 0.717) is 21.3 Å². The topological polar surface area (TPSA) is 86.8 Å². The summed E-state index contributed by atoms with van der Waals surface area (Å²) < 4.78 is 29.0. The molecule has 0 fully saturated rings. The van der Waals surface area contributed by atoms with E-state index < -0.39 is 28.5 Å². The second-order valence-corrected chi connectivity index (χ2v) is 13.4. The number of nitrogens with zero attached hydrogens (tertiary/aromatic N) is 2. The number of carbonyl (C=O) groups excluding carboxylic acids is 2. The first kappa shape index (κ1) is 32.4. The van der Waals surface area contributed by atoms with Crippen molar-refractivity contribution < 1.29 is 18.0 Å². The molecule has 0 aromatic heterocycles. The molecular weight excluding hydrogens is 581 g/mol. The second kappa shape index (κ2) is 13.7. The Morgan fingerprint density at radius 3 is 2.00 bits per heavy atom. The number of rotatable bonds is 11. The quantitative estimate of drug-likeness (QED) is 0.264. The maximum absolute atomic E-state index is 14.0. The van der Waals surface area contributed by atoms with Gasteiger partial charge in [0.1, 0.15) is 12.6 Å². The molecule has 3 rings (SSSR count). The number of hydrogen-bond donors (Lipinski definition) is 1. The summed E-state index contributed by atoms with van der Waals surface area (Å²) >= 11 is 12.3. The van der Waals surface area contributed by atoms with E-state index in [2.05, 4.69) is 5.32 Å². The van der Waals surface area contributed by atoms with Gasteiger partial charge in [0.2, 0.25) is 11.8 Å². The Kier molecular flexibility index (Phi) is 10.9. The molecule has 0 saturated carbocycles. The fraction of sp³-hybridized carbons (Fsp3) is 0.355. The Morgan fingerprint density at radius 1 is 0.854 bits per heavy atom. The van der Waals surface area contributed by atoms with Crippen molar-refractivity contribution >= 4 is 50.7 Å². The zero-order chi connectivity index (χ0) is 30.5. The summed E-state index contributed by atoms with van der Waals surface area (Å²) in [5.74, 6) is -0.663. The number of sulfonamides is 1.